The maximum atomic E-state index is 8.36. The lowest BCUT2D eigenvalue weighted by molar-refractivity contribution is 0.304. The van der Waals surface area contributed by atoms with Crippen molar-refractivity contribution in [2.24, 2.45) is 0 Å². The highest BCUT2D eigenvalue weighted by atomic mass is 31.2. The molecule has 0 radical (unpaired) electrons. The maximum Gasteiger partial charge on any atom is 0.104 e. The first-order valence-electron chi connectivity index (χ1n) is 6.02. The highest BCUT2D eigenvalue weighted by molar-refractivity contribution is 7.51. The van der Waals surface area contributed by atoms with E-state index in [0.29, 0.717) is 24.7 Å². The predicted octanol–water partition coefficient (Wildman–Crippen LogP) is 2.53. The molecule has 0 aliphatic carbocycles. The third-order valence-electron chi connectivity index (χ3n) is 1.52. The summed E-state index contributed by atoms with van der Waals surface area (Å²) in [5.41, 5.74) is 0.496. The van der Waals surface area contributed by atoms with Gasteiger partial charge in [-0.3, -0.25) is 5.09 Å². The van der Waals surface area contributed by atoms with E-state index < -0.39 is 8.30 Å². The van der Waals surface area contributed by atoms with Gasteiger partial charge in [0.25, 0.3) is 0 Å². The Balaban J connectivity index is 0. The van der Waals surface area contributed by atoms with E-state index in [1.54, 1.807) is 6.07 Å². The summed E-state index contributed by atoms with van der Waals surface area (Å²) >= 11 is 0. The molecule has 5 nitrogen and oxygen atoms in total. The van der Waals surface area contributed by atoms with E-state index in [9.17, 15) is 0 Å². The van der Waals surface area contributed by atoms with E-state index in [1.165, 1.54) is 0 Å². The van der Waals surface area contributed by atoms with Gasteiger partial charge >= 0.3 is 0 Å². The normalized spacial score (nSPS) is 11.4. The first-order valence-corrected chi connectivity index (χ1v) is 7.35. The number of hydrogen-bond donors (Lipinski definition) is 2. The molecule has 0 rings (SSSR count). The fourth-order valence-electron chi connectivity index (χ4n) is 0.830. The van der Waals surface area contributed by atoms with Crippen molar-refractivity contribution >= 4 is 8.30 Å². The summed E-state index contributed by atoms with van der Waals surface area (Å²) in [5.74, 6) is 0. The van der Waals surface area contributed by atoms with Crippen LogP contribution in [0.5, 0.6) is 0 Å². The van der Waals surface area contributed by atoms with Crippen LogP contribution in [0.3, 0.4) is 0 Å². The minimum Gasteiger partial charge on any atom is -0.395 e. The van der Waals surface area contributed by atoms with E-state index in [0.717, 1.165) is 0 Å². The molecule has 0 aromatic carbocycles. The number of aliphatic hydroxyl groups is 1. The zero-order valence-electron chi connectivity index (χ0n) is 11.7. The molecule has 104 valence electrons. The molecule has 1 unspecified atom stereocenters. The van der Waals surface area contributed by atoms with Gasteiger partial charge in [-0.05, 0) is 13.8 Å². The average Bonchev–Trinajstić information content (AvgIpc) is 2.29. The van der Waals surface area contributed by atoms with Gasteiger partial charge in [-0.1, -0.05) is 13.8 Å². The number of hydrogen-bond acceptors (Lipinski definition) is 5. The molecule has 0 aliphatic heterocycles. The molecule has 0 bridgehead atoms. The Kier molecular flexibility index (Phi) is 15.6. The Morgan fingerprint density at radius 3 is 2.00 bits per heavy atom. The lowest BCUT2D eigenvalue weighted by Gasteiger charge is -2.23. The van der Waals surface area contributed by atoms with Crippen molar-refractivity contribution in [3.63, 3.8) is 0 Å². The largest absolute Gasteiger partial charge is 0.395 e. The van der Waals surface area contributed by atoms with Crippen LogP contribution in [-0.4, -0.2) is 30.0 Å². The van der Waals surface area contributed by atoms with E-state index in [2.05, 4.69) is 38.9 Å². The Labute approximate surface area is 112 Å². The molecule has 0 fully saturated rings. The quantitative estimate of drug-likeness (QED) is 0.549. The first-order chi connectivity index (χ1) is 8.49. The van der Waals surface area contributed by atoms with Crippen molar-refractivity contribution < 1.29 is 9.63 Å². The molecule has 0 heterocycles. The lowest BCUT2D eigenvalue weighted by Crippen LogP contribution is -2.22. The van der Waals surface area contributed by atoms with Crippen molar-refractivity contribution in [1.29, 1.82) is 10.5 Å². The van der Waals surface area contributed by atoms with Crippen molar-refractivity contribution in [3.05, 3.63) is 0 Å². The summed E-state index contributed by atoms with van der Waals surface area (Å²) in [6.07, 6.45) is 0.728. The predicted molar refractivity (Wildman–Crippen MR) is 73.8 cm³/mol. The Hall–Kier alpha value is -0.710. The van der Waals surface area contributed by atoms with Crippen LogP contribution in [0.4, 0.5) is 0 Å². The third-order valence-corrected chi connectivity index (χ3v) is 3.69. The van der Waals surface area contributed by atoms with Gasteiger partial charge in [0.1, 0.15) is 8.30 Å². The first kappa shape index (κ1) is 19.6. The molecule has 0 aromatic rings. The van der Waals surface area contributed by atoms with E-state index in [1.807, 2.05) is 0 Å². The number of nitrogens with one attached hydrogen (secondary N) is 1. The van der Waals surface area contributed by atoms with Crippen LogP contribution >= 0.6 is 8.30 Å². The fraction of sp³-hybridized carbons (Fsp3) is 0.833. The highest BCUT2D eigenvalue weighted by Gasteiger charge is 2.14. The van der Waals surface area contributed by atoms with Crippen LogP contribution < -0.4 is 5.09 Å². The minimum atomic E-state index is -0.572. The van der Waals surface area contributed by atoms with Crippen molar-refractivity contribution in [1.82, 2.24) is 5.09 Å². The lowest BCUT2D eigenvalue weighted by atomic mass is 10.4. The van der Waals surface area contributed by atoms with Crippen molar-refractivity contribution in [2.45, 2.75) is 52.2 Å². The summed E-state index contributed by atoms with van der Waals surface area (Å²) in [7, 11) is -0.572. The summed E-state index contributed by atoms with van der Waals surface area (Å²) in [6, 6.07) is 4.28. The maximum absolute atomic E-state index is 8.36. The van der Waals surface area contributed by atoms with Crippen molar-refractivity contribution in [3.8, 4) is 12.1 Å². The second-order valence-electron chi connectivity index (χ2n) is 4.08. The minimum absolute atomic E-state index is 0.0174. The monoisotopic (exact) mass is 273 g/mol. The second-order valence-corrected chi connectivity index (χ2v) is 6.28. The number of rotatable bonds is 7. The molecular weight excluding hydrogens is 249 g/mol. The van der Waals surface area contributed by atoms with E-state index >= 15 is 0 Å². The van der Waals surface area contributed by atoms with Gasteiger partial charge in [-0.15, -0.1) is 0 Å². The van der Waals surface area contributed by atoms with Gasteiger partial charge in [0.15, 0.2) is 0 Å². The zero-order valence-corrected chi connectivity index (χ0v) is 12.6. The Bertz CT molecular complexity index is 259. The molecule has 6 heteroatoms. The SMILES string of the molecule is CC(C)NP(OCCC#N)C(C)C.N#CCCO. The molecular formula is C12H24N3O2P. The molecule has 0 saturated carbocycles. The zero-order chi connectivity index (χ0) is 14.4. The summed E-state index contributed by atoms with van der Waals surface area (Å²) < 4.78 is 5.59. The Morgan fingerprint density at radius 2 is 1.72 bits per heavy atom. The van der Waals surface area contributed by atoms with Gasteiger partial charge in [-0.25, -0.2) is 0 Å². The van der Waals surface area contributed by atoms with Crippen LogP contribution in [0.2, 0.25) is 0 Å². The average molecular weight is 273 g/mol. The van der Waals surface area contributed by atoms with Gasteiger partial charge in [0.05, 0.1) is 38.2 Å². The number of nitriles is 2. The van der Waals surface area contributed by atoms with E-state index in [-0.39, 0.29) is 13.0 Å². The molecule has 0 aliphatic rings. The molecule has 0 spiro atoms. The molecule has 18 heavy (non-hydrogen) atoms. The topological polar surface area (TPSA) is 89.1 Å². The van der Waals surface area contributed by atoms with E-state index in [4.69, 9.17) is 20.2 Å². The summed E-state index contributed by atoms with van der Waals surface area (Å²) in [5, 5.41) is 27.2. The van der Waals surface area contributed by atoms with Crippen molar-refractivity contribution in [2.75, 3.05) is 13.2 Å². The molecule has 1 atom stereocenters. The molecule has 2 N–H and O–H groups in total. The summed E-state index contributed by atoms with van der Waals surface area (Å²) in [4.78, 5) is 0. The standard InChI is InChI=1S/C9H19N2OP.C3H5NO/c1-8(2)11-13(9(3)4)12-7-5-6-10;4-2-1-3-5/h8-9,11H,5,7H2,1-4H3;5H,1,3H2. The smallest absolute Gasteiger partial charge is 0.104 e. The molecule has 0 aromatic heterocycles. The van der Waals surface area contributed by atoms with Crippen LogP contribution in [0.15, 0.2) is 0 Å². The van der Waals surface area contributed by atoms with Crippen LogP contribution in [-0.2, 0) is 4.52 Å². The summed E-state index contributed by atoms with van der Waals surface area (Å²) in [6.45, 7) is 8.99. The number of nitrogens with zero attached hydrogens (tertiary/aromatic N) is 2. The molecule has 0 saturated heterocycles. The van der Waals surface area contributed by atoms with Crippen LogP contribution in [0.25, 0.3) is 0 Å². The van der Waals surface area contributed by atoms with Crippen LogP contribution in [0.1, 0.15) is 40.5 Å². The molecule has 0 amide bonds. The third kappa shape index (κ3) is 15.3. The fourth-order valence-corrected chi connectivity index (χ4v) is 2.30. The van der Waals surface area contributed by atoms with Crippen LogP contribution in [0, 0.1) is 22.7 Å². The van der Waals surface area contributed by atoms with Gasteiger partial charge in [0.2, 0.25) is 0 Å². The van der Waals surface area contributed by atoms with Gasteiger partial charge in [0, 0.05) is 11.7 Å². The van der Waals surface area contributed by atoms with Gasteiger partial charge < -0.3 is 9.63 Å². The Morgan fingerprint density at radius 1 is 1.17 bits per heavy atom. The highest BCUT2D eigenvalue weighted by Crippen LogP contribution is 2.38. The second kappa shape index (κ2) is 14.4. The van der Waals surface area contributed by atoms with Gasteiger partial charge in [-0.2, -0.15) is 10.5 Å². The number of aliphatic hydroxyl groups excluding tert-OH is 1.